The molecule has 11 nitrogen and oxygen atoms in total. The fourth-order valence-corrected chi connectivity index (χ4v) is 6.07. The van der Waals surface area contributed by atoms with Gasteiger partial charge in [0, 0.05) is 43.3 Å². The lowest BCUT2D eigenvalue weighted by Crippen LogP contribution is -2.56. The van der Waals surface area contributed by atoms with Gasteiger partial charge in [0.05, 0.1) is 29.3 Å². The molecule has 4 N–H and O–H groups in total. The fourth-order valence-electron chi connectivity index (χ4n) is 6.07. The average Bonchev–Trinajstić information content (AvgIpc) is 3.78. The lowest BCUT2D eigenvalue weighted by atomic mass is 10.0. The molecule has 2 saturated heterocycles. The van der Waals surface area contributed by atoms with E-state index in [1.54, 1.807) is 18.6 Å². The molecule has 7 heterocycles. The van der Waals surface area contributed by atoms with Crippen LogP contribution in [0.1, 0.15) is 12.8 Å². The highest BCUT2D eigenvalue weighted by Gasteiger charge is 2.25. The van der Waals surface area contributed by atoms with E-state index in [0.29, 0.717) is 46.2 Å². The number of aromatic nitrogens is 7. The van der Waals surface area contributed by atoms with Crippen LogP contribution in [0.2, 0.25) is 0 Å². The average molecular weight is 591 g/mol. The summed E-state index contributed by atoms with van der Waals surface area (Å²) in [5.41, 5.74) is 12.4. The maximum Gasteiger partial charge on any atom is 0.147 e. The van der Waals surface area contributed by atoms with Crippen molar-refractivity contribution in [2.75, 3.05) is 44.2 Å². The molecule has 0 saturated carbocycles. The van der Waals surface area contributed by atoms with Crippen molar-refractivity contribution in [3.8, 4) is 39.7 Å². The van der Waals surface area contributed by atoms with Crippen molar-refractivity contribution < 1.29 is 9.13 Å². The van der Waals surface area contributed by atoms with Gasteiger partial charge in [-0.05, 0) is 73.5 Å². The number of benzene rings is 1. The minimum Gasteiger partial charge on any atom is -0.492 e. The first-order valence-corrected chi connectivity index (χ1v) is 14.9. The van der Waals surface area contributed by atoms with Crippen molar-refractivity contribution in [1.29, 1.82) is 0 Å². The van der Waals surface area contributed by atoms with Gasteiger partial charge in [0.2, 0.25) is 0 Å². The Morgan fingerprint density at radius 3 is 2.75 bits per heavy atom. The number of nitrogens with zero attached hydrogens (tertiary/aromatic N) is 7. The van der Waals surface area contributed by atoms with Crippen molar-refractivity contribution in [2.45, 2.75) is 18.9 Å². The lowest BCUT2D eigenvalue weighted by molar-refractivity contribution is 0.237. The Morgan fingerprint density at radius 1 is 1.00 bits per heavy atom. The fraction of sp³-hybridized carbons (Fsp3) is 0.281. The Morgan fingerprint density at radius 2 is 1.89 bits per heavy atom. The SMILES string of the molecule is NC1CN(c2cncc(-c3ccc4[nH]nc(-c5cc6c(-c7cc(F)cc(OCCN8CCCC8)c7)ccnc6[nH]5)c4n3)n2)C1. The van der Waals surface area contributed by atoms with E-state index in [-0.39, 0.29) is 11.9 Å². The number of likely N-dealkylation sites (tertiary alicyclic amines) is 1. The van der Waals surface area contributed by atoms with Gasteiger partial charge in [0.25, 0.3) is 0 Å². The molecule has 0 unspecified atom stereocenters. The van der Waals surface area contributed by atoms with E-state index >= 15 is 0 Å². The van der Waals surface area contributed by atoms with Crippen LogP contribution in [0.15, 0.2) is 61.1 Å². The van der Waals surface area contributed by atoms with E-state index in [9.17, 15) is 4.39 Å². The van der Waals surface area contributed by atoms with E-state index in [0.717, 1.165) is 60.7 Å². The van der Waals surface area contributed by atoms with E-state index in [4.69, 9.17) is 20.4 Å². The minimum absolute atomic E-state index is 0.163. The molecule has 0 bridgehead atoms. The molecule has 8 rings (SSSR count). The molecule has 2 aliphatic heterocycles. The normalized spacial score (nSPS) is 15.8. The summed E-state index contributed by atoms with van der Waals surface area (Å²) < 4.78 is 20.8. The van der Waals surface area contributed by atoms with Gasteiger partial charge in [-0.1, -0.05) is 0 Å². The Balaban J connectivity index is 1.11. The number of rotatable bonds is 8. The van der Waals surface area contributed by atoms with Crippen LogP contribution in [-0.4, -0.2) is 85.4 Å². The van der Waals surface area contributed by atoms with Gasteiger partial charge in [0.1, 0.15) is 46.5 Å². The Bertz CT molecular complexity index is 1980. The highest BCUT2D eigenvalue weighted by atomic mass is 19.1. The molecule has 0 amide bonds. The summed E-state index contributed by atoms with van der Waals surface area (Å²) in [6.07, 6.45) is 7.62. The molecule has 44 heavy (non-hydrogen) atoms. The highest BCUT2D eigenvalue weighted by Crippen LogP contribution is 2.35. The molecule has 222 valence electrons. The predicted octanol–water partition coefficient (Wildman–Crippen LogP) is 4.39. The van der Waals surface area contributed by atoms with Crippen LogP contribution in [0.25, 0.3) is 56.0 Å². The summed E-state index contributed by atoms with van der Waals surface area (Å²) in [6, 6.07) is 12.7. The number of fused-ring (bicyclic) bond motifs is 2. The number of halogens is 1. The molecule has 12 heteroatoms. The molecular formula is C32H31FN10O. The Labute approximate surface area is 252 Å². The molecule has 2 aliphatic rings. The smallest absolute Gasteiger partial charge is 0.147 e. The third kappa shape index (κ3) is 5.01. The number of nitrogens with two attached hydrogens (primary N) is 1. The maximum absolute atomic E-state index is 14.8. The van der Waals surface area contributed by atoms with Gasteiger partial charge in [-0.25, -0.2) is 19.3 Å². The molecule has 2 fully saturated rings. The largest absolute Gasteiger partial charge is 0.492 e. The second kappa shape index (κ2) is 11.0. The number of ether oxygens (including phenoxy) is 1. The molecule has 0 atom stereocenters. The Kier molecular flexibility index (Phi) is 6.64. The third-order valence-electron chi connectivity index (χ3n) is 8.37. The van der Waals surface area contributed by atoms with Crippen LogP contribution in [0.4, 0.5) is 10.2 Å². The molecule has 5 aromatic heterocycles. The molecule has 0 aliphatic carbocycles. The first-order chi connectivity index (χ1) is 21.6. The maximum atomic E-state index is 14.8. The van der Waals surface area contributed by atoms with Crippen LogP contribution in [0.5, 0.6) is 5.75 Å². The lowest BCUT2D eigenvalue weighted by Gasteiger charge is -2.37. The minimum atomic E-state index is -0.349. The topological polar surface area (TPSA) is 138 Å². The summed E-state index contributed by atoms with van der Waals surface area (Å²) in [5, 5.41) is 8.51. The number of pyridine rings is 2. The van der Waals surface area contributed by atoms with E-state index < -0.39 is 0 Å². The molecule has 0 radical (unpaired) electrons. The first-order valence-electron chi connectivity index (χ1n) is 14.9. The van der Waals surface area contributed by atoms with Crippen LogP contribution in [0, 0.1) is 5.82 Å². The highest BCUT2D eigenvalue weighted by molar-refractivity contribution is 5.99. The second-order valence-corrected chi connectivity index (χ2v) is 11.5. The van der Waals surface area contributed by atoms with Gasteiger partial charge in [-0.15, -0.1) is 0 Å². The van der Waals surface area contributed by atoms with Crippen molar-refractivity contribution in [3.63, 3.8) is 0 Å². The number of hydrogen-bond acceptors (Lipinski definition) is 9. The van der Waals surface area contributed by atoms with Gasteiger partial charge < -0.3 is 20.4 Å². The van der Waals surface area contributed by atoms with E-state index in [2.05, 4.69) is 34.9 Å². The summed E-state index contributed by atoms with van der Waals surface area (Å²) in [4.78, 5) is 26.5. The quantitative estimate of drug-likeness (QED) is 0.236. The zero-order chi connectivity index (χ0) is 29.6. The van der Waals surface area contributed by atoms with Crippen molar-refractivity contribution in [3.05, 3.63) is 66.9 Å². The summed E-state index contributed by atoms with van der Waals surface area (Å²) in [5.74, 6) is 0.947. The van der Waals surface area contributed by atoms with Gasteiger partial charge in [0.15, 0.2) is 0 Å². The standard InChI is InChI=1S/C32H31FN10O/c33-20-11-19(12-22(13-20)44-10-9-42-7-1-2-8-42)23-5-6-36-32-24(23)14-27(39-32)31-30-26(40-41-31)4-3-25(38-30)28-15-35-16-29(37-28)43-17-21(34)18-43/h3-6,11-16,21H,1-2,7-10,17-18,34H2,(H,36,39)(H,40,41). The van der Waals surface area contributed by atoms with E-state index in [1.165, 1.54) is 25.0 Å². The number of anilines is 1. The first kappa shape index (κ1) is 26.7. The van der Waals surface area contributed by atoms with Gasteiger partial charge in [-0.2, -0.15) is 5.10 Å². The second-order valence-electron chi connectivity index (χ2n) is 11.5. The molecular weight excluding hydrogens is 559 g/mol. The van der Waals surface area contributed by atoms with Crippen LogP contribution >= 0.6 is 0 Å². The predicted molar refractivity (Wildman–Crippen MR) is 167 cm³/mol. The van der Waals surface area contributed by atoms with Gasteiger partial charge >= 0.3 is 0 Å². The zero-order valence-electron chi connectivity index (χ0n) is 24.0. The van der Waals surface area contributed by atoms with Crippen molar-refractivity contribution in [1.82, 2.24) is 40.0 Å². The summed E-state index contributed by atoms with van der Waals surface area (Å²) in [6.45, 7) is 5.07. The molecule has 0 spiro atoms. The van der Waals surface area contributed by atoms with Crippen LogP contribution in [0.3, 0.4) is 0 Å². The number of H-pyrrole nitrogens is 2. The zero-order valence-corrected chi connectivity index (χ0v) is 24.0. The van der Waals surface area contributed by atoms with Crippen LogP contribution in [-0.2, 0) is 0 Å². The van der Waals surface area contributed by atoms with Gasteiger partial charge in [-0.3, -0.25) is 15.0 Å². The summed E-state index contributed by atoms with van der Waals surface area (Å²) >= 11 is 0. The number of hydrogen-bond donors (Lipinski definition) is 3. The van der Waals surface area contributed by atoms with Crippen molar-refractivity contribution >= 4 is 27.9 Å². The monoisotopic (exact) mass is 590 g/mol. The third-order valence-corrected chi connectivity index (χ3v) is 8.37. The Hall–Kier alpha value is -4.94. The van der Waals surface area contributed by atoms with E-state index in [1.807, 2.05) is 30.3 Å². The molecule has 6 aromatic rings. The number of nitrogens with one attached hydrogen (secondary N) is 2. The van der Waals surface area contributed by atoms with Crippen LogP contribution < -0.4 is 15.4 Å². The van der Waals surface area contributed by atoms with Crippen molar-refractivity contribution in [2.24, 2.45) is 5.73 Å². The summed E-state index contributed by atoms with van der Waals surface area (Å²) in [7, 11) is 0. The molecule has 1 aromatic carbocycles. The number of aromatic amines is 2.